The quantitative estimate of drug-likeness (QED) is 0.756. The lowest BCUT2D eigenvalue weighted by atomic mass is 10.1. The molecule has 19 heavy (non-hydrogen) atoms. The van der Waals surface area contributed by atoms with E-state index in [1.54, 1.807) is 30.3 Å². The number of aromatic nitrogens is 1. The van der Waals surface area contributed by atoms with Crippen LogP contribution in [0.1, 0.15) is 17.2 Å². The van der Waals surface area contributed by atoms with Crippen LogP contribution in [-0.4, -0.2) is 16.0 Å². The van der Waals surface area contributed by atoms with Crippen LogP contribution in [-0.2, 0) is 11.3 Å². The van der Waals surface area contributed by atoms with Gasteiger partial charge in [0.25, 0.3) is 5.91 Å². The summed E-state index contributed by atoms with van der Waals surface area (Å²) in [5, 5.41) is 12.4. The van der Waals surface area contributed by atoms with Gasteiger partial charge in [-0.1, -0.05) is 36.4 Å². The van der Waals surface area contributed by atoms with Crippen molar-refractivity contribution in [1.29, 1.82) is 0 Å². The van der Waals surface area contributed by atoms with Gasteiger partial charge in [0.2, 0.25) is 5.56 Å². The lowest BCUT2D eigenvalue weighted by Crippen LogP contribution is -2.29. The Labute approximate surface area is 109 Å². The third-order valence-electron chi connectivity index (χ3n) is 2.68. The van der Waals surface area contributed by atoms with E-state index in [9.17, 15) is 14.7 Å². The van der Waals surface area contributed by atoms with E-state index in [4.69, 9.17) is 0 Å². The first kappa shape index (κ1) is 13.0. The van der Waals surface area contributed by atoms with E-state index in [0.717, 1.165) is 5.56 Å². The molecule has 0 aliphatic rings. The highest BCUT2D eigenvalue weighted by atomic mass is 16.3. The normalized spacial score (nSPS) is 11.8. The summed E-state index contributed by atoms with van der Waals surface area (Å²) in [5.74, 6) is -0.475. The molecule has 0 aliphatic carbocycles. The maximum atomic E-state index is 11.8. The van der Waals surface area contributed by atoms with Crippen molar-refractivity contribution in [3.63, 3.8) is 0 Å². The summed E-state index contributed by atoms with van der Waals surface area (Å²) in [6.45, 7) is 0.250. The molecule has 0 saturated heterocycles. The molecule has 3 N–H and O–H groups in total. The van der Waals surface area contributed by atoms with Crippen LogP contribution in [0, 0.1) is 0 Å². The summed E-state index contributed by atoms with van der Waals surface area (Å²) in [4.78, 5) is 25.1. The van der Waals surface area contributed by atoms with E-state index in [2.05, 4.69) is 10.3 Å². The van der Waals surface area contributed by atoms with Gasteiger partial charge in [-0.2, -0.15) is 0 Å². The number of benzene rings is 1. The minimum Gasteiger partial charge on any atom is -0.378 e. The SMILES string of the molecule is O=C(NCc1ccc(=O)[nH]c1)C(O)c1ccccc1. The number of aliphatic hydroxyl groups is 1. The van der Waals surface area contributed by atoms with Gasteiger partial charge >= 0.3 is 0 Å². The van der Waals surface area contributed by atoms with Crippen molar-refractivity contribution in [2.24, 2.45) is 0 Å². The topological polar surface area (TPSA) is 82.2 Å². The molecule has 0 bridgehead atoms. The van der Waals surface area contributed by atoms with Gasteiger partial charge in [0.15, 0.2) is 6.10 Å². The second-order valence-electron chi connectivity index (χ2n) is 4.09. The third-order valence-corrected chi connectivity index (χ3v) is 2.68. The van der Waals surface area contributed by atoms with Crippen molar-refractivity contribution < 1.29 is 9.90 Å². The zero-order chi connectivity index (χ0) is 13.7. The first-order chi connectivity index (χ1) is 9.16. The smallest absolute Gasteiger partial charge is 0.253 e. The number of aromatic amines is 1. The Hall–Kier alpha value is -2.40. The number of hydrogen-bond acceptors (Lipinski definition) is 3. The Kier molecular flexibility index (Phi) is 4.10. The first-order valence-corrected chi connectivity index (χ1v) is 5.85. The molecule has 1 atom stereocenters. The van der Waals surface area contributed by atoms with Crippen LogP contribution in [0.25, 0.3) is 0 Å². The van der Waals surface area contributed by atoms with Gasteiger partial charge in [-0.25, -0.2) is 0 Å². The van der Waals surface area contributed by atoms with Gasteiger partial charge in [-0.15, -0.1) is 0 Å². The van der Waals surface area contributed by atoms with E-state index in [1.165, 1.54) is 12.3 Å². The van der Waals surface area contributed by atoms with Crippen molar-refractivity contribution in [2.45, 2.75) is 12.6 Å². The Bertz CT molecular complexity index is 587. The fourth-order valence-corrected chi connectivity index (χ4v) is 1.63. The summed E-state index contributed by atoms with van der Waals surface area (Å²) < 4.78 is 0. The van der Waals surface area contributed by atoms with Crippen LogP contribution < -0.4 is 10.9 Å². The molecule has 0 radical (unpaired) electrons. The van der Waals surface area contributed by atoms with Crippen LogP contribution in [0.15, 0.2) is 53.5 Å². The molecule has 0 fully saturated rings. The highest BCUT2D eigenvalue weighted by molar-refractivity contribution is 5.81. The maximum absolute atomic E-state index is 11.8. The molecule has 0 aliphatic heterocycles. The van der Waals surface area contributed by atoms with Crippen molar-refractivity contribution in [3.8, 4) is 0 Å². The molecular formula is C14H14N2O3. The number of pyridine rings is 1. The van der Waals surface area contributed by atoms with Crippen LogP contribution in [0.4, 0.5) is 0 Å². The lowest BCUT2D eigenvalue weighted by Gasteiger charge is -2.11. The van der Waals surface area contributed by atoms with E-state index < -0.39 is 12.0 Å². The molecule has 2 rings (SSSR count). The predicted molar refractivity (Wildman–Crippen MR) is 70.3 cm³/mol. The molecular weight excluding hydrogens is 244 g/mol. The van der Waals surface area contributed by atoms with E-state index in [-0.39, 0.29) is 12.1 Å². The number of nitrogens with one attached hydrogen (secondary N) is 2. The van der Waals surface area contributed by atoms with Crippen LogP contribution in [0.5, 0.6) is 0 Å². The zero-order valence-corrected chi connectivity index (χ0v) is 10.2. The largest absolute Gasteiger partial charge is 0.378 e. The molecule has 0 saturated carbocycles. The van der Waals surface area contributed by atoms with Crippen molar-refractivity contribution in [2.75, 3.05) is 0 Å². The van der Waals surface area contributed by atoms with Gasteiger partial charge in [-0.3, -0.25) is 9.59 Å². The number of rotatable bonds is 4. The van der Waals surface area contributed by atoms with Gasteiger partial charge in [-0.05, 0) is 11.1 Å². The predicted octanol–water partition coefficient (Wildman–Crippen LogP) is 0.725. The van der Waals surface area contributed by atoms with Crippen molar-refractivity contribution in [1.82, 2.24) is 10.3 Å². The van der Waals surface area contributed by atoms with E-state index in [0.29, 0.717) is 5.56 Å². The highest BCUT2D eigenvalue weighted by Crippen LogP contribution is 2.11. The highest BCUT2D eigenvalue weighted by Gasteiger charge is 2.16. The molecule has 98 valence electrons. The Morgan fingerprint density at radius 1 is 1.21 bits per heavy atom. The maximum Gasteiger partial charge on any atom is 0.253 e. The van der Waals surface area contributed by atoms with Crippen LogP contribution in [0.3, 0.4) is 0 Å². The minimum absolute atomic E-state index is 0.195. The Morgan fingerprint density at radius 3 is 2.58 bits per heavy atom. The van der Waals surface area contributed by atoms with Crippen LogP contribution >= 0.6 is 0 Å². The Morgan fingerprint density at radius 2 is 1.95 bits per heavy atom. The molecule has 1 aromatic heterocycles. The molecule has 5 heteroatoms. The number of carbonyl (C=O) groups excluding carboxylic acids is 1. The summed E-state index contributed by atoms with van der Waals surface area (Å²) in [6.07, 6.45) is 0.335. The molecule has 5 nitrogen and oxygen atoms in total. The molecule has 1 unspecified atom stereocenters. The van der Waals surface area contributed by atoms with Crippen LogP contribution in [0.2, 0.25) is 0 Å². The van der Waals surface area contributed by atoms with Crippen molar-refractivity contribution >= 4 is 5.91 Å². The van der Waals surface area contributed by atoms with Crippen molar-refractivity contribution in [3.05, 3.63) is 70.1 Å². The fourth-order valence-electron chi connectivity index (χ4n) is 1.63. The molecule has 2 aromatic rings. The second kappa shape index (κ2) is 5.97. The summed E-state index contributed by atoms with van der Waals surface area (Å²) in [7, 11) is 0. The monoisotopic (exact) mass is 258 g/mol. The fraction of sp³-hybridized carbons (Fsp3) is 0.143. The number of amides is 1. The number of hydrogen-bond donors (Lipinski definition) is 3. The third kappa shape index (κ3) is 3.53. The first-order valence-electron chi connectivity index (χ1n) is 5.85. The lowest BCUT2D eigenvalue weighted by molar-refractivity contribution is -0.129. The number of aliphatic hydroxyl groups excluding tert-OH is 1. The second-order valence-corrected chi connectivity index (χ2v) is 4.09. The minimum atomic E-state index is -1.19. The molecule has 1 heterocycles. The summed E-state index contributed by atoms with van der Waals surface area (Å²) in [5.41, 5.74) is 1.11. The standard InChI is InChI=1S/C14H14N2O3/c17-12-7-6-10(8-15-12)9-16-14(19)13(18)11-4-2-1-3-5-11/h1-8,13,18H,9H2,(H,15,17)(H,16,19). The Balaban J connectivity index is 1.94. The van der Waals surface area contributed by atoms with E-state index >= 15 is 0 Å². The zero-order valence-electron chi connectivity index (χ0n) is 10.2. The van der Waals surface area contributed by atoms with Gasteiger partial charge in [0, 0.05) is 18.8 Å². The van der Waals surface area contributed by atoms with Gasteiger partial charge in [0.05, 0.1) is 0 Å². The number of carbonyl (C=O) groups is 1. The van der Waals surface area contributed by atoms with E-state index in [1.807, 2.05) is 6.07 Å². The summed E-state index contributed by atoms with van der Waals surface area (Å²) in [6, 6.07) is 11.7. The molecule has 1 amide bonds. The number of H-pyrrole nitrogens is 1. The van der Waals surface area contributed by atoms with Gasteiger partial charge in [0.1, 0.15) is 0 Å². The molecule has 1 aromatic carbocycles. The average Bonchev–Trinajstić information content (AvgIpc) is 2.46. The average molecular weight is 258 g/mol. The molecule has 0 spiro atoms. The van der Waals surface area contributed by atoms with Gasteiger partial charge < -0.3 is 15.4 Å². The summed E-state index contributed by atoms with van der Waals surface area (Å²) >= 11 is 0.